The highest BCUT2D eigenvalue weighted by Crippen LogP contribution is 2.35. The number of ether oxygens (including phenoxy) is 2. The minimum Gasteiger partial charge on any atom is -0.454 e. The fraction of sp³-hybridized carbons (Fsp3) is 0.500. The molecule has 0 bridgehead atoms. The molecule has 23 heavy (non-hydrogen) atoms. The topological polar surface area (TPSA) is 85.9 Å². The first-order valence-corrected chi connectivity index (χ1v) is 7.51. The number of carbonyl (C=O) groups excluding carboxylic acids is 1. The van der Waals surface area contributed by atoms with Gasteiger partial charge in [0.25, 0.3) is 6.02 Å². The number of hydrogen-bond donors (Lipinski definition) is 2. The number of anilines is 1. The number of nitrogens with zero attached hydrogens (tertiary/aromatic N) is 1. The Kier molecular flexibility index (Phi) is 3.75. The Balaban J connectivity index is 1.85. The number of nitrogens with two attached hydrogens (primary N) is 1. The molecule has 6 nitrogen and oxygen atoms in total. The zero-order valence-electron chi connectivity index (χ0n) is 13.2. The summed E-state index contributed by atoms with van der Waals surface area (Å²) in [4.78, 5) is 16.2. The summed E-state index contributed by atoms with van der Waals surface area (Å²) < 4.78 is 24.9. The van der Waals surface area contributed by atoms with Crippen LogP contribution in [0.4, 0.5) is 10.1 Å². The molecule has 0 aliphatic carbocycles. The molecule has 3 rings (SSSR count). The Morgan fingerprint density at radius 1 is 1.39 bits per heavy atom. The summed E-state index contributed by atoms with van der Waals surface area (Å²) in [7, 11) is 0. The van der Waals surface area contributed by atoms with Crippen molar-refractivity contribution in [3.8, 4) is 0 Å². The zero-order valence-corrected chi connectivity index (χ0v) is 13.2. The molecule has 3 N–H and O–H groups in total. The van der Waals surface area contributed by atoms with Crippen LogP contribution in [0.5, 0.6) is 0 Å². The van der Waals surface area contributed by atoms with Gasteiger partial charge in [0.2, 0.25) is 5.91 Å². The molecule has 0 aromatic heterocycles. The van der Waals surface area contributed by atoms with Crippen molar-refractivity contribution in [2.75, 3.05) is 25.1 Å². The Hall–Kier alpha value is -2.15. The van der Waals surface area contributed by atoms with Crippen molar-refractivity contribution in [1.29, 1.82) is 0 Å². The van der Waals surface area contributed by atoms with E-state index in [1.54, 1.807) is 13.0 Å². The summed E-state index contributed by atoms with van der Waals surface area (Å²) >= 11 is 0. The molecule has 1 fully saturated rings. The average molecular weight is 321 g/mol. The third-order valence-electron chi connectivity index (χ3n) is 4.37. The molecule has 1 saturated heterocycles. The van der Waals surface area contributed by atoms with Gasteiger partial charge in [0.1, 0.15) is 11.4 Å². The third kappa shape index (κ3) is 2.88. The first-order chi connectivity index (χ1) is 10.8. The summed E-state index contributed by atoms with van der Waals surface area (Å²) in [6.07, 6.45) is 0.508. The van der Waals surface area contributed by atoms with E-state index in [9.17, 15) is 9.18 Å². The molecular formula is C16H20FN3O3. The molecule has 0 spiro atoms. The van der Waals surface area contributed by atoms with Gasteiger partial charge in [0, 0.05) is 24.2 Å². The Morgan fingerprint density at radius 3 is 2.74 bits per heavy atom. The van der Waals surface area contributed by atoms with Crippen molar-refractivity contribution in [3.05, 3.63) is 29.6 Å². The van der Waals surface area contributed by atoms with Gasteiger partial charge in [-0.3, -0.25) is 4.79 Å². The molecule has 0 unspecified atom stereocenters. The van der Waals surface area contributed by atoms with E-state index >= 15 is 0 Å². The summed E-state index contributed by atoms with van der Waals surface area (Å²) in [5, 5.41) is 2.82. The van der Waals surface area contributed by atoms with Crippen molar-refractivity contribution < 1.29 is 18.7 Å². The van der Waals surface area contributed by atoms with Crippen LogP contribution in [0.3, 0.4) is 0 Å². The van der Waals surface area contributed by atoms with E-state index in [0.29, 0.717) is 37.4 Å². The number of rotatable bonds is 3. The number of aliphatic imine (C=N–C) groups is 1. The number of amidine groups is 1. The molecule has 1 atom stereocenters. The van der Waals surface area contributed by atoms with Crippen LogP contribution in [0, 0.1) is 11.2 Å². The van der Waals surface area contributed by atoms with Gasteiger partial charge in [-0.25, -0.2) is 9.38 Å². The van der Waals surface area contributed by atoms with Crippen molar-refractivity contribution in [2.24, 2.45) is 16.1 Å². The quantitative estimate of drug-likeness (QED) is 0.888. The van der Waals surface area contributed by atoms with Crippen LogP contribution in [0.2, 0.25) is 0 Å². The Labute approximate surface area is 133 Å². The average Bonchev–Trinajstić information content (AvgIpc) is 2.46. The molecule has 0 radical (unpaired) electrons. The van der Waals surface area contributed by atoms with Crippen LogP contribution in [0.15, 0.2) is 23.2 Å². The first-order valence-electron chi connectivity index (χ1n) is 7.51. The minimum absolute atomic E-state index is 0.0479. The Bertz CT molecular complexity index is 673. The summed E-state index contributed by atoms with van der Waals surface area (Å²) in [6.45, 7) is 4.84. The van der Waals surface area contributed by atoms with Crippen molar-refractivity contribution in [2.45, 2.75) is 25.9 Å². The van der Waals surface area contributed by atoms with Gasteiger partial charge in [0.05, 0.1) is 18.6 Å². The monoisotopic (exact) mass is 321 g/mol. The van der Waals surface area contributed by atoms with Gasteiger partial charge in [-0.1, -0.05) is 0 Å². The maximum Gasteiger partial charge on any atom is 0.282 e. The summed E-state index contributed by atoms with van der Waals surface area (Å²) in [5.74, 6) is -0.546. The van der Waals surface area contributed by atoms with Crippen molar-refractivity contribution in [3.63, 3.8) is 0 Å². The predicted octanol–water partition coefficient (Wildman–Crippen LogP) is 1.75. The van der Waals surface area contributed by atoms with E-state index in [1.807, 2.05) is 6.92 Å². The third-order valence-corrected chi connectivity index (χ3v) is 4.37. The standard InChI is InChI=1S/C16H20FN3O3/c1-15(8-22-9-15)13(21)20-10-3-4-12(17)11(7-10)16(2)5-6-19-14(18)23-16/h3-4,7H,5-6,8-9H2,1-2H3,(H2,18,19)(H,20,21)/t16-/m0/s1. The first kappa shape index (κ1) is 15.7. The lowest BCUT2D eigenvalue weighted by Gasteiger charge is -2.36. The number of benzene rings is 1. The molecule has 2 aliphatic heterocycles. The van der Waals surface area contributed by atoms with Crippen LogP contribution in [-0.4, -0.2) is 31.7 Å². The Morgan fingerprint density at radius 2 is 2.13 bits per heavy atom. The van der Waals surface area contributed by atoms with Gasteiger partial charge in [0.15, 0.2) is 0 Å². The molecule has 7 heteroatoms. The van der Waals surface area contributed by atoms with Gasteiger partial charge < -0.3 is 20.5 Å². The molecule has 2 heterocycles. The van der Waals surface area contributed by atoms with Crippen LogP contribution in [0.1, 0.15) is 25.8 Å². The lowest BCUT2D eigenvalue weighted by molar-refractivity contribution is -0.151. The largest absolute Gasteiger partial charge is 0.454 e. The van der Waals surface area contributed by atoms with Crippen molar-refractivity contribution >= 4 is 17.6 Å². The second kappa shape index (κ2) is 5.49. The van der Waals surface area contributed by atoms with Gasteiger partial charge in [-0.2, -0.15) is 0 Å². The van der Waals surface area contributed by atoms with Gasteiger partial charge in [-0.15, -0.1) is 0 Å². The lowest BCUT2D eigenvalue weighted by atomic mass is 9.87. The lowest BCUT2D eigenvalue weighted by Crippen LogP contribution is -2.49. The fourth-order valence-electron chi connectivity index (χ4n) is 2.71. The number of hydrogen-bond acceptors (Lipinski definition) is 5. The molecule has 2 aliphatic rings. The van der Waals surface area contributed by atoms with E-state index in [2.05, 4.69) is 10.3 Å². The van der Waals surface area contributed by atoms with E-state index in [0.717, 1.165) is 0 Å². The number of carbonyl (C=O) groups is 1. The number of halogens is 1. The van der Waals surface area contributed by atoms with E-state index < -0.39 is 16.8 Å². The highest BCUT2D eigenvalue weighted by atomic mass is 19.1. The van der Waals surface area contributed by atoms with Crippen LogP contribution >= 0.6 is 0 Å². The fourth-order valence-corrected chi connectivity index (χ4v) is 2.71. The molecule has 0 saturated carbocycles. The number of amides is 1. The minimum atomic E-state index is -0.903. The highest BCUT2D eigenvalue weighted by molar-refractivity contribution is 5.95. The van der Waals surface area contributed by atoms with E-state index in [4.69, 9.17) is 15.2 Å². The van der Waals surface area contributed by atoms with Gasteiger partial charge in [-0.05, 0) is 32.0 Å². The predicted molar refractivity (Wildman–Crippen MR) is 83.5 cm³/mol. The summed E-state index contributed by atoms with van der Waals surface area (Å²) in [5.41, 5.74) is 5.06. The highest BCUT2D eigenvalue weighted by Gasteiger charge is 2.41. The summed E-state index contributed by atoms with van der Waals surface area (Å²) in [6, 6.07) is 4.49. The molecule has 1 amide bonds. The van der Waals surface area contributed by atoms with E-state index in [-0.39, 0.29) is 11.9 Å². The molecule has 124 valence electrons. The second-order valence-corrected chi connectivity index (χ2v) is 6.51. The van der Waals surface area contributed by atoms with Crippen LogP contribution < -0.4 is 11.1 Å². The zero-order chi connectivity index (χ0) is 16.7. The molecule has 1 aromatic carbocycles. The molecular weight excluding hydrogens is 301 g/mol. The maximum absolute atomic E-state index is 14.3. The normalized spacial score (nSPS) is 25.8. The molecule has 1 aromatic rings. The SMILES string of the molecule is CC1(C(=O)Nc2ccc(F)c([C@]3(C)CCN=C(N)O3)c2)COC1. The smallest absolute Gasteiger partial charge is 0.282 e. The van der Waals surface area contributed by atoms with Crippen LogP contribution in [-0.2, 0) is 19.9 Å². The van der Waals surface area contributed by atoms with Gasteiger partial charge >= 0.3 is 0 Å². The second-order valence-electron chi connectivity index (χ2n) is 6.51. The van der Waals surface area contributed by atoms with Crippen molar-refractivity contribution in [1.82, 2.24) is 0 Å². The number of nitrogens with one attached hydrogen (secondary N) is 1. The van der Waals surface area contributed by atoms with E-state index in [1.165, 1.54) is 12.1 Å². The maximum atomic E-state index is 14.3. The van der Waals surface area contributed by atoms with Crippen LogP contribution in [0.25, 0.3) is 0 Å².